The molecule has 1 aliphatic rings. The van der Waals surface area contributed by atoms with Gasteiger partial charge in [-0.3, -0.25) is 19.2 Å². The number of carbonyl (C=O) groups excluding carboxylic acids is 4. The lowest BCUT2D eigenvalue weighted by Gasteiger charge is -2.40. The van der Waals surface area contributed by atoms with Crippen LogP contribution < -0.4 is 21.3 Å². The molecule has 1 saturated heterocycles. The molecule has 1 fully saturated rings. The zero-order valence-corrected chi connectivity index (χ0v) is 15.6. The molecule has 1 aliphatic heterocycles. The van der Waals surface area contributed by atoms with Gasteiger partial charge in [-0.1, -0.05) is 0 Å². The second-order valence-electron chi connectivity index (χ2n) is 5.81. The van der Waals surface area contributed by atoms with Crippen molar-refractivity contribution in [2.75, 3.05) is 32.0 Å². The Morgan fingerprint density at radius 2 is 1.32 bits per heavy atom. The van der Waals surface area contributed by atoms with Gasteiger partial charge in [0, 0.05) is 0 Å². The van der Waals surface area contributed by atoms with Crippen molar-refractivity contribution in [3.63, 3.8) is 0 Å². The van der Waals surface area contributed by atoms with Crippen molar-refractivity contribution in [1.82, 2.24) is 21.3 Å². The highest BCUT2D eigenvalue weighted by Gasteiger charge is 2.44. The van der Waals surface area contributed by atoms with Gasteiger partial charge in [0.15, 0.2) is 6.29 Å². The second kappa shape index (κ2) is 11.8. The van der Waals surface area contributed by atoms with E-state index in [1.54, 1.807) is 0 Å². The Morgan fingerprint density at radius 3 is 1.82 bits per heavy atom. The molecule has 0 bridgehead atoms. The molecule has 8 N–H and O–H groups in total. The fraction of sp³-hybridized carbons (Fsp3) is 0.714. The summed E-state index contributed by atoms with van der Waals surface area (Å²) in [5, 5.41) is 47.2. The van der Waals surface area contributed by atoms with E-state index in [-0.39, 0.29) is 12.3 Å². The van der Waals surface area contributed by atoms with Crippen molar-refractivity contribution < 1.29 is 44.3 Å². The minimum absolute atomic E-state index is 0.0873. The Morgan fingerprint density at radius 1 is 0.821 bits per heavy atom. The van der Waals surface area contributed by atoms with Crippen molar-refractivity contribution in [2.24, 2.45) is 0 Å². The quantitative estimate of drug-likeness (QED) is 0.161. The van der Waals surface area contributed by atoms with Gasteiger partial charge in [0.05, 0.1) is 32.0 Å². The Kier molecular flexibility index (Phi) is 10.1. The van der Waals surface area contributed by atoms with Crippen LogP contribution in [-0.2, 0) is 23.9 Å². The standard InChI is InChI=1S/C14H24N4O9S/c19-4-6-12(24)13(25)11(14(26)27-6)18-9(22)3-16-7(20)1-15-8(21)2-17-10(23)5-28/h6,11-14,19,24-26,28H,1-5H2,(H,15,21)(H,16,20)(H,17,23)(H,18,22)/t6-,11-,12-,13-,14-/m1/s1. The number of ether oxygens (including phenoxy) is 1. The zero-order valence-electron chi connectivity index (χ0n) is 14.7. The Balaban J connectivity index is 2.33. The predicted octanol–water partition coefficient (Wildman–Crippen LogP) is -5.82. The summed E-state index contributed by atoms with van der Waals surface area (Å²) in [5.74, 6) is -2.66. The summed E-state index contributed by atoms with van der Waals surface area (Å²) in [6, 6.07) is -1.38. The van der Waals surface area contributed by atoms with Crippen LogP contribution in [0.25, 0.3) is 0 Å². The molecule has 0 aliphatic carbocycles. The largest absolute Gasteiger partial charge is 0.394 e. The Bertz CT molecular complexity index is 579. The van der Waals surface area contributed by atoms with E-state index in [2.05, 4.69) is 33.9 Å². The van der Waals surface area contributed by atoms with Crippen LogP contribution in [0.4, 0.5) is 0 Å². The fourth-order valence-electron chi connectivity index (χ4n) is 2.21. The van der Waals surface area contributed by atoms with E-state index in [4.69, 9.17) is 9.84 Å². The molecule has 0 aromatic rings. The highest BCUT2D eigenvalue weighted by atomic mass is 32.1. The van der Waals surface area contributed by atoms with Crippen molar-refractivity contribution in [3.05, 3.63) is 0 Å². The summed E-state index contributed by atoms with van der Waals surface area (Å²) >= 11 is 3.71. The molecule has 28 heavy (non-hydrogen) atoms. The summed E-state index contributed by atoms with van der Waals surface area (Å²) in [7, 11) is 0. The van der Waals surface area contributed by atoms with Crippen LogP contribution in [0.2, 0.25) is 0 Å². The van der Waals surface area contributed by atoms with Crippen molar-refractivity contribution >= 4 is 36.3 Å². The Hall–Kier alpha value is -1.97. The normalized spacial score (nSPS) is 26.8. The molecular weight excluding hydrogens is 400 g/mol. The van der Waals surface area contributed by atoms with Crippen molar-refractivity contribution in [1.29, 1.82) is 0 Å². The molecule has 0 aromatic carbocycles. The van der Waals surface area contributed by atoms with Gasteiger partial charge in [-0.15, -0.1) is 0 Å². The average molecular weight is 424 g/mol. The predicted molar refractivity (Wildman–Crippen MR) is 94.8 cm³/mol. The van der Waals surface area contributed by atoms with Crippen LogP contribution in [0.15, 0.2) is 0 Å². The fourth-order valence-corrected chi connectivity index (χ4v) is 2.32. The first-order valence-corrected chi connectivity index (χ1v) is 8.83. The average Bonchev–Trinajstić information content (AvgIpc) is 2.68. The molecule has 0 aromatic heterocycles. The smallest absolute Gasteiger partial charge is 0.239 e. The molecular formula is C14H24N4O9S. The molecule has 160 valence electrons. The van der Waals surface area contributed by atoms with Crippen LogP contribution in [-0.4, -0.2) is 107 Å². The molecule has 0 saturated carbocycles. The molecule has 0 spiro atoms. The molecule has 14 heteroatoms. The highest BCUT2D eigenvalue weighted by molar-refractivity contribution is 7.81. The highest BCUT2D eigenvalue weighted by Crippen LogP contribution is 2.19. The minimum Gasteiger partial charge on any atom is -0.394 e. The summed E-state index contributed by atoms with van der Waals surface area (Å²) in [6.45, 7) is -1.96. The van der Waals surface area contributed by atoms with Crippen molar-refractivity contribution in [2.45, 2.75) is 30.6 Å². The first-order valence-electron chi connectivity index (χ1n) is 8.20. The maximum atomic E-state index is 11.8. The monoisotopic (exact) mass is 424 g/mol. The molecule has 13 nitrogen and oxygen atoms in total. The third kappa shape index (κ3) is 7.57. The maximum Gasteiger partial charge on any atom is 0.239 e. The number of aliphatic hydroxyl groups is 4. The number of hydrogen-bond donors (Lipinski definition) is 9. The number of thiol groups is 1. The van der Waals surface area contributed by atoms with Gasteiger partial charge in [-0.2, -0.15) is 12.6 Å². The number of nitrogens with one attached hydrogen (secondary N) is 4. The number of hydrogen-bond acceptors (Lipinski definition) is 10. The number of aliphatic hydroxyl groups excluding tert-OH is 4. The van der Waals surface area contributed by atoms with Gasteiger partial charge >= 0.3 is 0 Å². The van der Waals surface area contributed by atoms with E-state index >= 15 is 0 Å². The van der Waals surface area contributed by atoms with Crippen LogP contribution in [0, 0.1) is 0 Å². The van der Waals surface area contributed by atoms with E-state index in [1.165, 1.54) is 0 Å². The van der Waals surface area contributed by atoms with Gasteiger partial charge in [0.2, 0.25) is 23.6 Å². The number of amides is 4. The SMILES string of the molecule is O=C(CS)NCC(=O)NCC(=O)NCC(=O)N[C@@H]1[C@@H](O)[C@H](O)[C@@H](CO)O[C@H]1O. The first kappa shape index (κ1) is 24.1. The topological polar surface area (TPSA) is 207 Å². The third-order valence-corrected chi connectivity index (χ3v) is 4.00. The van der Waals surface area contributed by atoms with Gasteiger partial charge in [-0.25, -0.2) is 0 Å². The lowest BCUT2D eigenvalue weighted by Crippen LogP contribution is -2.64. The zero-order chi connectivity index (χ0) is 21.3. The van der Waals surface area contributed by atoms with Gasteiger partial charge < -0.3 is 46.4 Å². The van der Waals surface area contributed by atoms with Gasteiger partial charge in [-0.05, 0) is 0 Å². The van der Waals surface area contributed by atoms with Crippen LogP contribution >= 0.6 is 12.6 Å². The van der Waals surface area contributed by atoms with E-state index in [0.717, 1.165) is 0 Å². The minimum atomic E-state index is -1.68. The van der Waals surface area contributed by atoms with Gasteiger partial charge in [0.1, 0.15) is 24.4 Å². The lowest BCUT2D eigenvalue weighted by molar-refractivity contribution is -0.253. The summed E-state index contributed by atoms with van der Waals surface area (Å²) in [6.07, 6.45) is -6.03. The van der Waals surface area contributed by atoms with E-state index < -0.39 is 74.0 Å². The Labute approximate surface area is 165 Å². The van der Waals surface area contributed by atoms with E-state index in [1.807, 2.05) is 0 Å². The number of carbonyl (C=O) groups is 4. The van der Waals surface area contributed by atoms with E-state index in [0.29, 0.717) is 0 Å². The molecule has 1 heterocycles. The summed E-state index contributed by atoms with van der Waals surface area (Å²) < 4.78 is 4.88. The first-order chi connectivity index (χ1) is 13.2. The molecule has 4 amide bonds. The van der Waals surface area contributed by atoms with Crippen LogP contribution in [0.1, 0.15) is 0 Å². The summed E-state index contributed by atoms with van der Waals surface area (Å²) in [4.78, 5) is 45.8. The molecule has 0 radical (unpaired) electrons. The molecule has 5 atom stereocenters. The van der Waals surface area contributed by atoms with Crippen LogP contribution in [0.5, 0.6) is 0 Å². The maximum absolute atomic E-state index is 11.8. The van der Waals surface area contributed by atoms with E-state index in [9.17, 15) is 34.5 Å². The van der Waals surface area contributed by atoms with Crippen LogP contribution in [0.3, 0.4) is 0 Å². The third-order valence-electron chi connectivity index (χ3n) is 3.71. The van der Waals surface area contributed by atoms with Crippen molar-refractivity contribution in [3.8, 4) is 0 Å². The second-order valence-corrected chi connectivity index (χ2v) is 6.13. The number of rotatable bonds is 9. The summed E-state index contributed by atoms with van der Waals surface area (Å²) in [5.41, 5.74) is 0. The lowest BCUT2D eigenvalue weighted by atomic mass is 9.97. The molecule has 0 unspecified atom stereocenters. The molecule has 1 rings (SSSR count). The van der Waals surface area contributed by atoms with Gasteiger partial charge in [0.25, 0.3) is 0 Å².